The predicted octanol–water partition coefficient (Wildman–Crippen LogP) is 2.18. The maximum absolute atomic E-state index is 12.6. The third kappa shape index (κ3) is 3.67. The number of rotatable bonds is 4. The highest BCUT2D eigenvalue weighted by Crippen LogP contribution is 2.28. The topological polar surface area (TPSA) is 66.5 Å². The molecule has 0 bridgehead atoms. The van der Waals surface area contributed by atoms with E-state index in [9.17, 15) is 13.2 Å². The minimum atomic E-state index is -4.46. The molecule has 2 heterocycles. The van der Waals surface area contributed by atoms with E-state index in [2.05, 4.69) is 25.5 Å². The van der Waals surface area contributed by atoms with Crippen molar-refractivity contribution in [2.24, 2.45) is 0 Å². The lowest BCUT2D eigenvalue weighted by molar-refractivity contribution is -0.141. The van der Waals surface area contributed by atoms with Gasteiger partial charge in [-0.1, -0.05) is 0 Å². The lowest BCUT2D eigenvalue weighted by atomic mass is 10.3. The number of alkyl halides is 3. The van der Waals surface area contributed by atoms with Crippen molar-refractivity contribution in [1.29, 1.82) is 0 Å². The van der Waals surface area contributed by atoms with Crippen LogP contribution in [0.5, 0.6) is 0 Å². The molecule has 2 rings (SSSR count). The number of aryl methyl sites for hydroxylation is 1. The van der Waals surface area contributed by atoms with Gasteiger partial charge in [0.2, 0.25) is 5.95 Å². The van der Waals surface area contributed by atoms with Crippen LogP contribution in [0.2, 0.25) is 0 Å². The van der Waals surface area contributed by atoms with Crippen molar-refractivity contribution < 1.29 is 13.2 Å². The molecule has 5 nitrogen and oxygen atoms in total. The maximum Gasteiger partial charge on any atom is 0.433 e. The van der Waals surface area contributed by atoms with Crippen LogP contribution in [-0.2, 0) is 12.6 Å². The van der Waals surface area contributed by atoms with Gasteiger partial charge in [0.05, 0.1) is 0 Å². The normalized spacial score (nSPS) is 11.6. The van der Waals surface area contributed by atoms with Crippen LogP contribution in [0.3, 0.4) is 0 Å². The van der Waals surface area contributed by atoms with E-state index in [0.29, 0.717) is 13.0 Å². The highest BCUT2D eigenvalue weighted by atomic mass is 19.4. The van der Waals surface area contributed by atoms with Crippen LogP contribution in [0.15, 0.2) is 18.3 Å². The van der Waals surface area contributed by atoms with E-state index >= 15 is 0 Å². The summed E-state index contributed by atoms with van der Waals surface area (Å²) in [5.41, 5.74) is 0.214. The molecule has 102 valence electrons. The number of hydrogen-bond acceptors (Lipinski definition) is 4. The largest absolute Gasteiger partial charge is 0.433 e. The standard InChI is InChI=1S/C11H12F3N5/c1-7-6-9(11(12,13)14)18-10(17-7)15-4-2-8-3-5-16-19-8/h3,5-6H,2,4H2,1H3,(H,16,19)(H,15,17,18). The molecule has 0 saturated carbocycles. The minimum Gasteiger partial charge on any atom is -0.354 e. The van der Waals surface area contributed by atoms with Gasteiger partial charge in [0, 0.05) is 30.6 Å². The second-order valence-electron chi connectivity index (χ2n) is 3.97. The lowest BCUT2D eigenvalue weighted by Gasteiger charge is -2.09. The van der Waals surface area contributed by atoms with Gasteiger partial charge in [-0.2, -0.15) is 18.3 Å². The molecule has 0 saturated heterocycles. The molecule has 0 unspecified atom stereocenters. The molecule has 0 spiro atoms. The third-order valence-corrected chi connectivity index (χ3v) is 2.38. The van der Waals surface area contributed by atoms with Crippen molar-refractivity contribution in [1.82, 2.24) is 20.2 Å². The van der Waals surface area contributed by atoms with Gasteiger partial charge in [-0.05, 0) is 19.1 Å². The molecule has 0 aliphatic rings. The first-order valence-electron chi connectivity index (χ1n) is 5.60. The average molecular weight is 271 g/mol. The van der Waals surface area contributed by atoms with Crippen LogP contribution in [0.4, 0.5) is 19.1 Å². The summed E-state index contributed by atoms with van der Waals surface area (Å²) >= 11 is 0. The Balaban J connectivity index is 2.02. The molecule has 0 atom stereocenters. The van der Waals surface area contributed by atoms with Gasteiger partial charge in [0.1, 0.15) is 5.69 Å². The average Bonchev–Trinajstić information content (AvgIpc) is 2.80. The van der Waals surface area contributed by atoms with E-state index in [1.807, 2.05) is 0 Å². The SMILES string of the molecule is Cc1cc(C(F)(F)F)nc(NCCc2ccn[nH]2)n1. The van der Waals surface area contributed by atoms with Crippen molar-refractivity contribution in [3.63, 3.8) is 0 Å². The van der Waals surface area contributed by atoms with Crippen molar-refractivity contribution in [3.05, 3.63) is 35.4 Å². The van der Waals surface area contributed by atoms with E-state index in [0.717, 1.165) is 11.8 Å². The molecule has 2 aromatic heterocycles. The molecule has 2 aromatic rings. The molecule has 0 amide bonds. The predicted molar refractivity (Wildman–Crippen MR) is 62.6 cm³/mol. The van der Waals surface area contributed by atoms with E-state index in [1.54, 1.807) is 12.3 Å². The number of aromatic nitrogens is 4. The van der Waals surface area contributed by atoms with Gasteiger partial charge >= 0.3 is 6.18 Å². The number of anilines is 1. The minimum absolute atomic E-state index is 0.0214. The van der Waals surface area contributed by atoms with Gasteiger partial charge < -0.3 is 5.32 Å². The monoisotopic (exact) mass is 271 g/mol. The van der Waals surface area contributed by atoms with Crippen molar-refractivity contribution in [3.8, 4) is 0 Å². The number of aromatic amines is 1. The molecule has 0 aromatic carbocycles. The molecular formula is C11H12F3N5. The Morgan fingerprint density at radius 3 is 2.74 bits per heavy atom. The zero-order valence-corrected chi connectivity index (χ0v) is 10.1. The van der Waals surface area contributed by atoms with Gasteiger partial charge in [-0.3, -0.25) is 5.10 Å². The fourth-order valence-corrected chi connectivity index (χ4v) is 1.53. The molecule has 0 aliphatic heterocycles. The second kappa shape index (κ2) is 5.25. The van der Waals surface area contributed by atoms with Gasteiger partial charge in [0.15, 0.2) is 0 Å². The van der Waals surface area contributed by atoms with Crippen LogP contribution in [0, 0.1) is 6.92 Å². The molecule has 2 N–H and O–H groups in total. The Labute approximate surface area is 107 Å². The van der Waals surface area contributed by atoms with Gasteiger partial charge in [-0.15, -0.1) is 0 Å². The first-order valence-corrected chi connectivity index (χ1v) is 5.60. The van der Waals surface area contributed by atoms with E-state index in [4.69, 9.17) is 0 Å². The Kier molecular flexibility index (Phi) is 3.68. The van der Waals surface area contributed by atoms with Crippen molar-refractivity contribution in [2.45, 2.75) is 19.5 Å². The summed E-state index contributed by atoms with van der Waals surface area (Å²) in [7, 11) is 0. The Morgan fingerprint density at radius 1 is 1.32 bits per heavy atom. The van der Waals surface area contributed by atoms with E-state index in [1.165, 1.54) is 6.92 Å². The molecule has 8 heteroatoms. The highest BCUT2D eigenvalue weighted by molar-refractivity contribution is 5.29. The smallest absolute Gasteiger partial charge is 0.354 e. The summed E-state index contributed by atoms with van der Waals surface area (Å²) in [5.74, 6) is -0.0214. The van der Waals surface area contributed by atoms with Crippen LogP contribution in [0.1, 0.15) is 17.1 Å². The van der Waals surface area contributed by atoms with E-state index < -0.39 is 11.9 Å². The fraction of sp³-hybridized carbons (Fsp3) is 0.364. The molecule has 19 heavy (non-hydrogen) atoms. The zero-order valence-electron chi connectivity index (χ0n) is 10.1. The third-order valence-electron chi connectivity index (χ3n) is 2.38. The highest BCUT2D eigenvalue weighted by Gasteiger charge is 2.33. The van der Waals surface area contributed by atoms with Crippen molar-refractivity contribution in [2.75, 3.05) is 11.9 Å². The van der Waals surface area contributed by atoms with Crippen LogP contribution in [0.25, 0.3) is 0 Å². The van der Waals surface area contributed by atoms with Gasteiger partial charge in [-0.25, -0.2) is 9.97 Å². The Morgan fingerprint density at radius 2 is 2.11 bits per heavy atom. The first kappa shape index (κ1) is 13.3. The molecule has 0 fully saturated rings. The number of halogens is 3. The van der Waals surface area contributed by atoms with Crippen LogP contribution < -0.4 is 5.32 Å². The molecule has 0 radical (unpaired) electrons. The maximum atomic E-state index is 12.6. The number of H-pyrrole nitrogens is 1. The van der Waals surface area contributed by atoms with Gasteiger partial charge in [0.25, 0.3) is 0 Å². The second-order valence-corrected chi connectivity index (χ2v) is 3.97. The quantitative estimate of drug-likeness (QED) is 0.894. The zero-order chi connectivity index (χ0) is 13.9. The van der Waals surface area contributed by atoms with Crippen LogP contribution >= 0.6 is 0 Å². The molecular weight excluding hydrogens is 259 g/mol. The Hall–Kier alpha value is -2.12. The summed E-state index contributed by atoms with van der Waals surface area (Å²) in [5, 5.41) is 9.30. The first-order chi connectivity index (χ1) is 8.95. The summed E-state index contributed by atoms with van der Waals surface area (Å²) in [6.45, 7) is 1.92. The van der Waals surface area contributed by atoms with E-state index in [-0.39, 0.29) is 11.6 Å². The fourth-order valence-electron chi connectivity index (χ4n) is 1.53. The number of nitrogens with zero attached hydrogens (tertiary/aromatic N) is 3. The van der Waals surface area contributed by atoms with Crippen molar-refractivity contribution >= 4 is 5.95 Å². The lowest BCUT2D eigenvalue weighted by Crippen LogP contribution is -2.14. The summed E-state index contributed by atoms with van der Waals surface area (Å²) in [4.78, 5) is 7.37. The van der Waals surface area contributed by atoms with Crippen LogP contribution in [-0.4, -0.2) is 26.7 Å². The molecule has 0 aliphatic carbocycles. The summed E-state index contributed by atoms with van der Waals surface area (Å²) in [6, 6.07) is 2.71. The number of hydrogen-bond donors (Lipinski definition) is 2. The summed E-state index contributed by atoms with van der Waals surface area (Å²) in [6.07, 6.45) is -2.26. The Bertz CT molecular complexity index is 536. The summed E-state index contributed by atoms with van der Waals surface area (Å²) < 4.78 is 37.7. The number of nitrogens with one attached hydrogen (secondary N) is 2.